The first kappa shape index (κ1) is 25.9. The van der Waals surface area contributed by atoms with Gasteiger partial charge in [0.1, 0.15) is 28.7 Å². The van der Waals surface area contributed by atoms with E-state index in [4.69, 9.17) is 5.73 Å². The molecule has 3 heterocycles. The Labute approximate surface area is 219 Å². The monoisotopic (exact) mass is 538 g/mol. The summed E-state index contributed by atoms with van der Waals surface area (Å²) in [7, 11) is 0. The Bertz CT molecular complexity index is 1640. The zero-order valence-electron chi connectivity index (χ0n) is 20.8. The maximum atomic E-state index is 15.7. The van der Waals surface area contributed by atoms with Gasteiger partial charge in [0.2, 0.25) is 0 Å². The number of nitrogens with zero attached hydrogens (tertiary/aromatic N) is 3. The van der Waals surface area contributed by atoms with Gasteiger partial charge in [0.25, 0.3) is 11.8 Å². The van der Waals surface area contributed by atoms with Crippen molar-refractivity contribution in [1.29, 1.82) is 0 Å². The maximum Gasteiger partial charge on any atom is 0.416 e. The SMILES string of the molecule is Cc1ccc2c(c1)CCn1nc(-c3ccc(C(=O)Nc4cc(C(F)(F)F)ccn4)c(C)c3F)c(C(N)=O)c1N2. The molecule has 4 aromatic rings. The van der Waals surface area contributed by atoms with Crippen molar-refractivity contribution in [3.05, 3.63) is 87.9 Å². The maximum absolute atomic E-state index is 15.7. The lowest BCUT2D eigenvalue weighted by Gasteiger charge is -2.12. The second-order valence-corrected chi connectivity index (χ2v) is 9.18. The van der Waals surface area contributed by atoms with Crippen LogP contribution < -0.4 is 16.4 Å². The molecule has 200 valence electrons. The number of rotatable bonds is 4. The van der Waals surface area contributed by atoms with Crippen LogP contribution in [0, 0.1) is 19.7 Å². The molecule has 39 heavy (non-hydrogen) atoms. The summed E-state index contributed by atoms with van der Waals surface area (Å²) in [5, 5.41) is 9.95. The van der Waals surface area contributed by atoms with Crippen molar-refractivity contribution in [2.45, 2.75) is 33.0 Å². The minimum Gasteiger partial charge on any atom is -0.365 e. The third kappa shape index (κ3) is 4.80. The van der Waals surface area contributed by atoms with Crippen LogP contribution in [0.1, 0.15) is 43.0 Å². The first-order valence-electron chi connectivity index (χ1n) is 11.8. The van der Waals surface area contributed by atoms with Crippen molar-refractivity contribution in [2.75, 3.05) is 10.6 Å². The summed E-state index contributed by atoms with van der Waals surface area (Å²) >= 11 is 0. The molecular weight excluding hydrogens is 516 g/mol. The van der Waals surface area contributed by atoms with Crippen LogP contribution in [-0.2, 0) is 19.1 Å². The number of aryl methyl sites for hydroxylation is 3. The Hall–Kier alpha value is -4.74. The third-order valence-electron chi connectivity index (χ3n) is 6.52. The summed E-state index contributed by atoms with van der Waals surface area (Å²) in [6.07, 6.45) is -3.10. The highest BCUT2D eigenvalue weighted by molar-refractivity contribution is 6.07. The Morgan fingerprint density at radius 1 is 1.10 bits per heavy atom. The molecular formula is C27H22F4N6O2. The van der Waals surface area contributed by atoms with Crippen LogP contribution in [0.5, 0.6) is 0 Å². The molecule has 2 aromatic heterocycles. The number of pyridine rings is 1. The van der Waals surface area contributed by atoms with Crippen LogP contribution in [0.2, 0.25) is 0 Å². The molecule has 0 bridgehead atoms. The van der Waals surface area contributed by atoms with Crippen molar-refractivity contribution in [2.24, 2.45) is 5.73 Å². The van der Waals surface area contributed by atoms with E-state index < -0.39 is 29.4 Å². The smallest absolute Gasteiger partial charge is 0.365 e. The van der Waals surface area contributed by atoms with Gasteiger partial charge in [-0.1, -0.05) is 17.7 Å². The van der Waals surface area contributed by atoms with Gasteiger partial charge in [-0.15, -0.1) is 0 Å². The molecule has 0 unspecified atom stereocenters. The van der Waals surface area contributed by atoms with Gasteiger partial charge in [0, 0.05) is 29.6 Å². The molecule has 4 N–H and O–H groups in total. The summed E-state index contributed by atoms with van der Waals surface area (Å²) in [6, 6.07) is 9.87. The molecule has 0 saturated heterocycles. The molecule has 0 aliphatic carbocycles. The van der Waals surface area contributed by atoms with Crippen molar-refractivity contribution in [3.63, 3.8) is 0 Å². The van der Waals surface area contributed by atoms with E-state index in [2.05, 4.69) is 20.7 Å². The van der Waals surface area contributed by atoms with E-state index in [-0.39, 0.29) is 33.8 Å². The van der Waals surface area contributed by atoms with Crippen molar-refractivity contribution in [1.82, 2.24) is 14.8 Å². The number of anilines is 3. The third-order valence-corrected chi connectivity index (χ3v) is 6.52. The standard InChI is InChI=1S/C27H22F4N6O2/c1-13-3-6-19-15(11-13)8-10-37-25(34-19)21(24(32)38)23(36-37)18-5-4-17(14(2)22(18)28)26(39)35-20-12-16(7-9-33-20)27(29,30)31/h3-7,9,11-12,34H,8,10H2,1-2H3,(H2,32,38)(H,33,35,39). The van der Waals surface area contributed by atoms with Crippen LogP contribution >= 0.6 is 0 Å². The summed E-state index contributed by atoms with van der Waals surface area (Å²) in [4.78, 5) is 29.1. The summed E-state index contributed by atoms with van der Waals surface area (Å²) in [6.45, 7) is 3.72. The quantitative estimate of drug-likeness (QED) is 0.302. The lowest BCUT2D eigenvalue weighted by molar-refractivity contribution is -0.137. The van der Waals surface area contributed by atoms with Gasteiger partial charge in [-0.2, -0.15) is 18.3 Å². The highest BCUT2D eigenvalue weighted by atomic mass is 19.4. The average molecular weight is 539 g/mol. The van der Waals surface area contributed by atoms with E-state index in [0.717, 1.165) is 29.1 Å². The first-order chi connectivity index (χ1) is 18.4. The Balaban J connectivity index is 1.50. The topological polar surface area (TPSA) is 115 Å². The lowest BCUT2D eigenvalue weighted by Crippen LogP contribution is -2.17. The number of primary amides is 1. The number of nitrogens with one attached hydrogen (secondary N) is 2. The van der Waals surface area contributed by atoms with Crippen molar-refractivity contribution >= 4 is 29.1 Å². The zero-order valence-corrected chi connectivity index (χ0v) is 20.8. The van der Waals surface area contributed by atoms with Crippen LogP contribution in [0.4, 0.5) is 34.9 Å². The van der Waals surface area contributed by atoms with Crippen molar-refractivity contribution < 1.29 is 27.2 Å². The molecule has 0 fully saturated rings. The fraction of sp³-hybridized carbons (Fsp3) is 0.185. The summed E-state index contributed by atoms with van der Waals surface area (Å²) < 4.78 is 56.2. The highest BCUT2D eigenvalue weighted by Crippen LogP contribution is 2.37. The van der Waals surface area contributed by atoms with E-state index in [0.29, 0.717) is 24.8 Å². The number of alkyl halides is 3. The number of hydrogen-bond acceptors (Lipinski definition) is 5. The number of benzene rings is 2. The van der Waals surface area contributed by atoms with E-state index in [9.17, 15) is 22.8 Å². The zero-order chi connectivity index (χ0) is 28.1. The second-order valence-electron chi connectivity index (χ2n) is 9.18. The molecule has 2 amide bonds. The van der Waals surface area contributed by atoms with E-state index in [1.807, 2.05) is 25.1 Å². The fourth-order valence-electron chi connectivity index (χ4n) is 4.55. The molecule has 0 spiro atoms. The number of carbonyl (C=O) groups is 2. The number of hydrogen-bond donors (Lipinski definition) is 3. The second kappa shape index (κ2) is 9.53. The number of aromatic nitrogens is 3. The fourth-order valence-corrected chi connectivity index (χ4v) is 4.55. The lowest BCUT2D eigenvalue weighted by atomic mass is 9.99. The van der Waals surface area contributed by atoms with Gasteiger partial charge in [-0.05, 0) is 61.7 Å². The van der Waals surface area contributed by atoms with E-state index >= 15 is 4.39 Å². The minimum absolute atomic E-state index is 0.00710. The molecule has 2 aromatic carbocycles. The number of nitrogens with two attached hydrogens (primary N) is 1. The van der Waals surface area contributed by atoms with Gasteiger partial charge in [0.05, 0.1) is 5.56 Å². The molecule has 0 atom stereocenters. The first-order valence-corrected chi connectivity index (χ1v) is 11.8. The number of fused-ring (bicyclic) bond motifs is 2. The molecule has 8 nitrogen and oxygen atoms in total. The molecule has 12 heteroatoms. The molecule has 0 saturated carbocycles. The van der Waals surface area contributed by atoms with Crippen LogP contribution in [0.3, 0.4) is 0 Å². The van der Waals surface area contributed by atoms with Gasteiger partial charge in [0.15, 0.2) is 0 Å². The molecule has 5 rings (SSSR count). The van der Waals surface area contributed by atoms with Crippen LogP contribution in [0.25, 0.3) is 11.3 Å². The predicted octanol–water partition coefficient (Wildman–Crippen LogP) is 5.37. The van der Waals surface area contributed by atoms with E-state index in [1.165, 1.54) is 19.1 Å². The minimum atomic E-state index is -4.62. The van der Waals surface area contributed by atoms with E-state index in [1.54, 1.807) is 4.68 Å². The Morgan fingerprint density at radius 2 is 1.87 bits per heavy atom. The predicted molar refractivity (Wildman–Crippen MR) is 136 cm³/mol. The average Bonchev–Trinajstić information content (AvgIpc) is 3.13. The molecule has 1 aliphatic heterocycles. The van der Waals surface area contributed by atoms with Gasteiger partial charge < -0.3 is 16.4 Å². The van der Waals surface area contributed by atoms with Gasteiger partial charge in [-0.25, -0.2) is 14.1 Å². The number of carbonyl (C=O) groups excluding carboxylic acids is 2. The van der Waals surface area contributed by atoms with Gasteiger partial charge in [-0.3, -0.25) is 9.59 Å². The highest BCUT2D eigenvalue weighted by Gasteiger charge is 2.31. The number of amides is 2. The normalized spacial score (nSPS) is 12.7. The molecule has 0 radical (unpaired) electrons. The summed E-state index contributed by atoms with van der Waals surface area (Å²) in [5.74, 6) is -2.51. The van der Waals surface area contributed by atoms with Crippen molar-refractivity contribution in [3.8, 4) is 11.3 Å². The summed E-state index contributed by atoms with van der Waals surface area (Å²) in [5.41, 5.74) is 7.33. The largest absolute Gasteiger partial charge is 0.416 e. The molecule has 1 aliphatic rings. The van der Waals surface area contributed by atoms with Gasteiger partial charge >= 0.3 is 6.18 Å². The number of halogens is 4. The van der Waals surface area contributed by atoms with Crippen LogP contribution in [-0.4, -0.2) is 26.6 Å². The Kier molecular flexibility index (Phi) is 6.33. The Morgan fingerprint density at radius 3 is 2.59 bits per heavy atom. The van der Waals surface area contributed by atoms with Crippen LogP contribution in [0.15, 0.2) is 48.7 Å².